The lowest BCUT2D eigenvalue weighted by Gasteiger charge is -2.33. The predicted molar refractivity (Wildman–Crippen MR) is 486 cm³/mol. The van der Waals surface area contributed by atoms with Gasteiger partial charge in [-0.1, -0.05) is 304 Å². The molecule has 2 aliphatic rings. The Kier molecular flexibility index (Phi) is 29.1. The van der Waals surface area contributed by atoms with Gasteiger partial charge in [0.25, 0.3) is 0 Å². The van der Waals surface area contributed by atoms with Crippen molar-refractivity contribution in [2.24, 2.45) is 10.8 Å². The molecule has 0 unspecified atom stereocenters. The van der Waals surface area contributed by atoms with Gasteiger partial charge >= 0.3 is 14.2 Å². The van der Waals surface area contributed by atoms with E-state index in [2.05, 4.69) is 433 Å². The third-order valence-electron chi connectivity index (χ3n) is 19.1. The van der Waals surface area contributed by atoms with Gasteiger partial charge in [-0.05, 0) is 225 Å². The number of hydrogen-bond donors (Lipinski definition) is 1. The summed E-state index contributed by atoms with van der Waals surface area (Å²) in [5, 5.41) is 3.30. The summed E-state index contributed by atoms with van der Waals surface area (Å²) in [6.07, 6.45) is 0. The molecule has 0 atom stereocenters. The third kappa shape index (κ3) is 25.1. The van der Waals surface area contributed by atoms with Crippen molar-refractivity contribution in [3.63, 3.8) is 0 Å². The van der Waals surface area contributed by atoms with Crippen molar-refractivity contribution in [3.8, 4) is 0 Å². The van der Waals surface area contributed by atoms with Gasteiger partial charge in [0.15, 0.2) is 0 Å². The fourth-order valence-corrected chi connectivity index (χ4v) is 13.3. The molecule has 111 heavy (non-hydrogen) atoms. The zero-order valence-corrected chi connectivity index (χ0v) is 72.4. The summed E-state index contributed by atoms with van der Waals surface area (Å²) in [5.41, 5.74) is 20.6. The normalized spacial score (nSPS) is 13.9. The van der Waals surface area contributed by atoms with Gasteiger partial charge in [-0.25, -0.2) is 0 Å². The molecule has 13 heteroatoms. The van der Waals surface area contributed by atoms with Crippen LogP contribution >= 0.6 is 47.8 Å². The van der Waals surface area contributed by atoms with Crippen LogP contribution in [0.3, 0.4) is 0 Å². The number of rotatable bonds is 13. The Morgan fingerprint density at radius 2 is 0.432 bits per heavy atom. The van der Waals surface area contributed by atoms with Crippen LogP contribution in [-0.2, 0) is 40.3 Å². The minimum absolute atomic E-state index is 0.0442. The lowest BCUT2D eigenvalue weighted by atomic mass is 9.75. The van der Waals surface area contributed by atoms with E-state index in [9.17, 15) is 0 Å². The number of para-hydroxylation sites is 4. The van der Waals surface area contributed by atoms with Crippen LogP contribution in [0.15, 0.2) is 329 Å². The summed E-state index contributed by atoms with van der Waals surface area (Å²) in [6.45, 7) is 38.2. The second-order valence-electron chi connectivity index (χ2n) is 34.1. The van der Waals surface area contributed by atoms with Crippen LogP contribution < -0.4 is 30.9 Å². The molecule has 0 saturated carbocycles. The molecule has 2 heterocycles. The van der Waals surface area contributed by atoms with Crippen LogP contribution in [0.4, 0.5) is 62.6 Å². The molecule has 0 amide bonds. The minimum Gasteiger partial charge on any atom is -0.407 e. The first-order chi connectivity index (χ1) is 52.7. The lowest BCUT2D eigenvalue weighted by Crippen LogP contribution is -2.47. The van der Waals surface area contributed by atoms with Gasteiger partial charge in [0.05, 0.1) is 0 Å². The van der Waals surface area contributed by atoms with E-state index in [1.165, 1.54) is 39.3 Å². The Morgan fingerprint density at radius 1 is 0.252 bits per heavy atom. The third-order valence-corrected chi connectivity index (χ3v) is 20.7. The molecular weight excluding hydrogens is 1560 g/mol. The standard InChI is InChI=1S/C32H41B2NO4.C22H21Br2N.C22H23N.C12H11N.C10H13Br/c1-30(2,3)24-8-14-27(15-9-24)35(28-16-10-25(11-17-28)33-36-20-31(4,5)21-37-33)29-18-12-26(13-19-29)34-38-22-32(6,7)23-39-34;1-22(2,3)16-4-10-19(11-5-16)25(20-12-6-17(23)7-13-20)21-14-8-18(24)9-15-21;1-22(2,3)18-14-16-21(17-15-18)23(19-10-6-4-7-11-19)20-12-8-5-9-13-20;1-3-7-11(8-4-1)13-12-9-5-2-6-10-12;1-10(2,3)8-4-6-9(11)7-5-8/h8-19H,20-23H2,1-7H3;4-15H,1-3H3;4-17H,1-3H3;1-10,13H;4-7H,1-3H3. The van der Waals surface area contributed by atoms with Crippen LogP contribution in [0.1, 0.15) is 133 Å². The van der Waals surface area contributed by atoms with Gasteiger partial charge in [-0.15, -0.1) is 0 Å². The number of hydrogen-bond acceptors (Lipinski definition) is 8. The van der Waals surface area contributed by atoms with Gasteiger partial charge in [0, 0.05) is 113 Å². The van der Waals surface area contributed by atoms with Crippen LogP contribution in [0.25, 0.3) is 0 Å². The summed E-state index contributed by atoms with van der Waals surface area (Å²) in [4.78, 5) is 6.83. The topological polar surface area (TPSA) is 58.7 Å². The molecule has 0 bridgehead atoms. The van der Waals surface area contributed by atoms with E-state index in [1.807, 2.05) is 60.7 Å². The molecule has 0 aliphatic carbocycles. The molecule has 0 spiro atoms. The Morgan fingerprint density at radius 3 is 0.658 bits per heavy atom. The highest BCUT2D eigenvalue weighted by Gasteiger charge is 2.35. The molecule has 2 fully saturated rings. The van der Waals surface area contributed by atoms with Gasteiger partial charge in [0.2, 0.25) is 0 Å². The van der Waals surface area contributed by atoms with Crippen molar-refractivity contribution >= 4 is 136 Å². The van der Waals surface area contributed by atoms with E-state index in [0.29, 0.717) is 26.4 Å². The number of nitrogens with one attached hydrogen (secondary N) is 1. The second kappa shape index (κ2) is 38.2. The molecule has 8 nitrogen and oxygen atoms in total. The number of halogens is 3. The van der Waals surface area contributed by atoms with E-state index >= 15 is 0 Å². The zero-order valence-electron chi connectivity index (χ0n) is 67.6. The highest BCUT2D eigenvalue weighted by Crippen LogP contribution is 2.40. The summed E-state index contributed by atoms with van der Waals surface area (Å²) >= 11 is 10.5. The van der Waals surface area contributed by atoms with Crippen LogP contribution in [0.5, 0.6) is 0 Å². The van der Waals surface area contributed by atoms with E-state index in [0.717, 1.165) is 69.8 Å². The van der Waals surface area contributed by atoms with Gasteiger partial charge in [0.1, 0.15) is 0 Å². The summed E-state index contributed by atoms with van der Waals surface area (Å²) < 4.78 is 27.4. The number of anilines is 11. The van der Waals surface area contributed by atoms with E-state index in [1.54, 1.807) is 0 Å². The molecule has 2 aliphatic heterocycles. The van der Waals surface area contributed by atoms with Crippen molar-refractivity contribution in [3.05, 3.63) is 351 Å². The largest absolute Gasteiger partial charge is 0.493 e. The summed E-state index contributed by atoms with van der Waals surface area (Å²) in [7, 11) is -0.655. The fourth-order valence-electron chi connectivity index (χ4n) is 12.5. The first-order valence-corrected chi connectivity index (χ1v) is 40.8. The van der Waals surface area contributed by atoms with Crippen LogP contribution in [0, 0.1) is 10.8 Å². The lowest BCUT2D eigenvalue weighted by molar-refractivity contribution is 0.0342. The molecule has 1 N–H and O–H groups in total. The Hall–Kier alpha value is -8.75. The number of benzene rings is 12. The second-order valence-corrected chi connectivity index (χ2v) is 36.8. The Bertz CT molecular complexity index is 4550. The average Bonchev–Trinajstić information content (AvgIpc) is 0.796. The summed E-state index contributed by atoms with van der Waals surface area (Å²) in [6, 6.07) is 110. The fraction of sp³-hybridized carbons (Fsp3) is 0.265. The average molecular weight is 1670 g/mol. The SMILES string of the molecule is CC(C)(C)c1ccc(Br)cc1.CC(C)(C)c1ccc(N(c2ccc(Br)cc2)c2ccc(Br)cc2)cc1.CC(C)(C)c1ccc(N(c2ccccc2)c2ccccc2)cc1.CC1(C)COB(c2ccc(N(c3ccc(B4OCC(C)(C)CO4)cc3)c3ccc(C(C)(C)C)cc3)cc2)OC1.c1ccc(Nc2ccccc2)cc1. The molecule has 12 aromatic rings. The Balaban J connectivity index is 0.000000158. The highest BCUT2D eigenvalue weighted by atomic mass is 79.9. The molecule has 14 rings (SSSR count). The first-order valence-electron chi connectivity index (χ1n) is 38.4. The van der Waals surface area contributed by atoms with Gasteiger partial charge < -0.3 is 38.6 Å². The van der Waals surface area contributed by atoms with Crippen molar-refractivity contribution < 1.29 is 18.6 Å². The maximum absolute atomic E-state index is 6.02. The minimum atomic E-state index is -0.327. The maximum atomic E-state index is 6.02. The van der Waals surface area contributed by atoms with E-state index in [4.69, 9.17) is 18.6 Å². The van der Waals surface area contributed by atoms with Crippen molar-refractivity contribution in [1.29, 1.82) is 0 Å². The van der Waals surface area contributed by atoms with Gasteiger partial charge in [-0.2, -0.15) is 0 Å². The van der Waals surface area contributed by atoms with Crippen molar-refractivity contribution in [2.45, 2.75) is 132 Å². The quantitative estimate of drug-likeness (QED) is 0.115. The number of nitrogens with zero attached hydrogens (tertiary/aromatic N) is 3. The molecule has 2 saturated heterocycles. The van der Waals surface area contributed by atoms with Crippen LogP contribution in [0.2, 0.25) is 0 Å². The van der Waals surface area contributed by atoms with Crippen molar-refractivity contribution in [1.82, 2.24) is 0 Å². The molecule has 12 aromatic carbocycles. The first kappa shape index (κ1) is 84.7. The van der Waals surface area contributed by atoms with Crippen molar-refractivity contribution in [2.75, 3.05) is 46.4 Å². The monoisotopic (exact) mass is 1660 g/mol. The molecule has 572 valence electrons. The van der Waals surface area contributed by atoms with E-state index in [-0.39, 0.29) is 46.7 Å². The predicted octanol–water partition coefficient (Wildman–Crippen LogP) is 27.6. The Labute approximate surface area is 689 Å². The molecule has 0 aromatic heterocycles. The summed E-state index contributed by atoms with van der Waals surface area (Å²) in [5.74, 6) is 0. The van der Waals surface area contributed by atoms with Gasteiger partial charge in [-0.3, -0.25) is 0 Å². The molecule has 0 radical (unpaired) electrons. The molecular formula is C98H109B2Br3N4O4. The zero-order chi connectivity index (χ0) is 79.6. The maximum Gasteiger partial charge on any atom is 0.493 e. The van der Waals surface area contributed by atoms with E-state index < -0.39 is 0 Å². The highest BCUT2D eigenvalue weighted by molar-refractivity contribution is 9.11. The smallest absolute Gasteiger partial charge is 0.407 e. The van der Waals surface area contributed by atoms with Crippen LogP contribution in [-0.4, -0.2) is 40.7 Å².